The lowest BCUT2D eigenvalue weighted by Gasteiger charge is -1.83. The van der Waals surface area contributed by atoms with Crippen molar-refractivity contribution in [2.75, 3.05) is 0 Å². The summed E-state index contributed by atoms with van der Waals surface area (Å²) in [5.74, 6) is 0. The van der Waals surface area contributed by atoms with Crippen molar-refractivity contribution in [2.24, 2.45) is 0 Å². The summed E-state index contributed by atoms with van der Waals surface area (Å²) in [6, 6.07) is 70.4. The number of fused-ring (bicyclic) bond motifs is 8. The highest BCUT2D eigenvalue weighted by Gasteiger charge is 1.95. The summed E-state index contributed by atoms with van der Waals surface area (Å²) in [6.45, 7) is 0. The highest BCUT2D eigenvalue weighted by atomic mass is 32.1. The summed E-state index contributed by atoms with van der Waals surface area (Å²) < 4.78 is 30.7. The number of nitrogens with one attached hydrogen (secondary N) is 4. The highest BCUT2D eigenvalue weighted by molar-refractivity contribution is 7.17. The quantitative estimate of drug-likeness (QED) is 0.110. The number of thiazole rings is 1. The van der Waals surface area contributed by atoms with Crippen LogP contribution in [0.15, 0.2) is 328 Å². The Morgan fingerprint density at radius 3 is 1.73 bits per heavy atom. The zero-order valence-corrected chi connectivity index (χ0v) is 51.8. The number of para-hydroxylation sites is 8. The lowest BCUT2D eigenvalue weighted by atomic mass is 10.3. The molecule has 0 amide bonds. The van der Waals surface area contributed by atoms with Crippen LogP contribution in [0, 0.1) is 0 Å². The van der Waals surface area contributed by atoms with Crippen LogP contribution in [-0.2, 0) is 0 Å². The van der Waals surface area contributed by atoms with Gasteiger partial charge in [-0.15, -0.1) is 32.9 Å². The second-order valence-electron chi connectivity index (χ2n) is 17.8. The van der Waals surface area contributed by atoms with Crippen molar-refractivity contribution < 1.29 is 17.9 Å². The summed E-state index contributed by atoms with van der Waals surface area (Å²) in [5.41, 5.74) is 9.85. The average Bonchev–Trinajstić information content (AvgIpc) is 3.83. The van der Waals surface area contributed by atoms with E-state index in [0.29, 0.717) is 0 Å². The molecule has 21 nitrogen and oxygen atoms in total. The predicted octanol–water partition coefficient (Wildman–Crippen LogP) is 18.2. The first kappa shape index (κ1) is 66.9. The van der Waals surface area contributed by atoms with Gasteiger partial charge < -0.3 is 27.8 Å². The number of rotatable bonds is 0. The van der Waals surface area contributed by atoms with Crippen LogP contribution in [0.1, 0.15) is 7.43 Å². The Bertz CT molecular complexity index is 3830. The van der Waals surface area contributed by atoms with Gasteiger partial charge in [0.25, 0.3) is 0 Å². The Balaban J connectivity index is 0.000000131. The van der Waals surface area contributed by atoms with Gasteiger partial charge in [-0.3, -0.25) is 5.10 Å². The summed E-state index contributed by atoms with van der Waals surface area (Å²) in [6.07, 6.45) is 21.0. The molecule has 12 aromatic heterocycles. The largest absolute Gasteiger partial charge is 0.464 e. The van der Waals surface area contributed by atoms with Gasteiger partial charge in [0.05, 0.1) is 75.0 Å². The number of thiophene rings is 1. The van der Waals surface area contributed by atoms with E-state index in [4.69, 9.17) is 13.4 Å². The fourth-order valence-electron chi connectivity index (χ4n) is 7.52. The van der Waals surface area contributed by atoms with E-state index in [1.807, 2.05) is 169 Å². The lowest BCUT2D eigenvalue weighted by Crippen LogP contribution is -1.63. The van der Waals surface area contributed by atoms with Crippen LogP contribution in [0.5, 0.6) is 0 Å². The molecule has 0 aliphatic carbocycles. The number of furan rings is 1. The monoisotopic (exact) mass is 1310 g/mol. The van der Waals surface area contributed by atoms with Crippen LogP contribution in [0.25, 0.3) is 85.4 Å². The van der Waals surface area contributed by atoms with Crippen LogP contribution >= 0.6 is 45.7 Å². The van der Waals surface area contributed by atoms with Crippen molar-refractivity contribution in [3.63, 3.8) is 0 Å². The molecular formula is C68H59N17O4S4. The molecule has 464 valence electrons. The number of hydrogen-bond donors (Lipinski definition) is 4. The fraction of sp³-hybridized carbons (Fsp3) is 0.0147. The molecule has 4 N–H and O–H groups in total. The van der Waals surface area contributed by atoms with E-state index in [9.17, 15) is 0 Å². The second-order valence-corrected chi connectivity index (χ2v) is 21.1. The normalized spacial score (nSPS) is 9.63. The molecule has 20 rings (SSSR count). The molecule has 12 heterocycles. The van der Waals surface area contributed by atoms with Gasteiger partial charge in [-0.1, -0.05) is 138 Å². The van der Waals surface area contributed by atoms with Crippen molar-refractivity contribution in [1.82, 2.24) is 85.0 Å². The van der Waals surface area contributed by atoms with Gasteiger partial charge in [0.15, 0.2) is 17.6 Å². The third-order valence-electron chi connectivity index (χ3n) is 11.7. The molecule has 0 unspecified atom stereocenters. The Labute approximate surface area is 547 Å². The van der Waals surface area contributed by atoms with Crippen molar-refractivity contribution in [3.05, 3.63) is 310 Å². The van der Waals surface area contributed by atoms with E-state index in [-0.39, 0.29) is 7.43 Å². The van der Waals surface area contributed by atoms with Crippen LogP contribution in [0.3, 0.4) is 0 Å². The summed E-state index contributed by atoms with van der Waals surface area (Å²) >= 11 is 6.35. The molecule has 25 heteroatoms. The molecule has 0 saturated carbocycles. The first-order valence-corrected chi connectivity index (χ1v) is 31.0. The molecule has 20 aromatic rings. The minimum absolute atomic E-state index is 0. The number of hydrogen-bond acceptors (Lipinski definition) is 21. The van der Waals surface area contributed by atoms with E-state index in [2.05, 4.69) is 162 Å². The maximum Gasteiger partial charge on any atom is 0.181 e. The highest BCUT2D eigenvalue weighted by Crippen LogP contribution is 2.20. The molecular weight excluding hydrogens is 1250 g/mol. The molecule has 0 spiro atoms. The van der Waals surface area contributed by atoms with Crippen LogP contribution in [0.2, 0.25) is 0 Å². The number of imidazole rings is 1. The molecule has 0 saturated heterocycles. The van der Waals surface area contributed by atoms with Crippen molar-refractivity contribution in [2.45, 2.75) is 7.43 Å². The lowest BCUT2D eigenvalue weighted by molar-refractivity contribution is 0.393. The molecule has 93 heavy (non-hydrogen) atoms. The van der Waals surface area contributed by atoms with Crippen LogP contribution in [-0.4, -0.2) is 85.0 Å². The number of oxazole rings is 1. The fourth-order valence-corrected chi connectivity index (χ4v) is 9.91. The molecule has 0 aliphatic heterocycles. The van der Waals surface area contributed by atoms with E-state index in [1.165, 1.54) is 90.3 Å². The maximum atomic E-state index is 5.12. The zero-order chi connectivity index (χ0) is 63.0. The second kappa shape index (κ2) is 39.8. The van der Waals surface area contributed by atoms with Gasteiger partial charge in [-0.05, 0) is 130 Å². The van der Waals surface area contributed by atoms with Gasteiger partial charge in [0.2, 0.25) is 0 Å². The Morgan fingerprint density at radius 1 is 0.430 bits per heavy atom. The Hall–Kier alpha value is -12.0. The molecule has 0 radical (unpaired) electrons. The van der Waals surface area contributed by atoms with Crippen LogP contribution in [0.4, 0.5) is 0 Å². The number of H-pyrrole nitrogens is 4. The summed E-state index contributed by atoms with van der Waals surface area (Å²) in [5, 5.41) is 38.9. The van der Waals surface area contributed by atoms with Gasteiger partial charge in [0.1, 0.15) is 30.0 Å². The number of benzene rings is 8. The van der Waals surface area contributed by atoms with Crippen molar-refractivity contribution in [1.29, 1.82) is 0 Å². The third kappa shape index (κ3) is 23.5. The summed E-state index contributed by atoms with van der Waals surface area (Å²) in [4.78, 5) is 21.8. The molecule has 0 aliphatic rings. The minimum Gasteiger partial charge on any atom is -0.464 e. The first-order valence-electron chi connectivity index (χ1n) is 27.6. The standard InChI is InChI=1S/C8H7N.C8H6O.C8H6S.C7H6N2.2C7H5NO.2C7H5NS.2C2H3N3.C2H2N2O.C2H2N2S.CH4/c3*1-2-4-8-7(3-1)5-6-9-8;2*1-2-4-7-6(3-1)8-5-9-7;1-2-4-7-6(3-1)5-8-9-7;1-2-4-7-6(3-1)8-5-9-7;1-2-4-7-6(3-1)5-8-9-7;1-3-2-5-4-1;1-2-4-5-3-1;2*1-2-5-4-3-1;/h1-6,9H;2*1-6H;1-5H,(H,8,9);4*1-5H;2*1-2H,(H,3,4,5);2*1-2H;1H4. The summed E-state index contributed by atoms with van der Waals surface area (Å²) in [7, 11) is 0. The first-order chi connectivity index (χ1) is 45.7. The SMILES string of the molecule is C.c1ccc2[nH]ccc2c1.c1ccc2[nH]cnc2c1.c1ccc2occc2c1.c1ccc2ocnc2c1.c1ccc2oncc2c1.c1ccc2sccc2c1.c1ccc2scnc2c1.c1ccc2sncc2c1.c1cn[nH]n1.c1conn1.c1csnn1.c1nc[nH]n1. The van der Waals surface area contributed by atoms with Gasteiger partial charge in [-0.25, -0.2) is 19.9 Å². The van der Waals surface area contributed by atoms with Gasteiger partial charge in [-0.2, -0.15) is 24.9 Å². The number of aromatic nitrogens is 17. The Morgan fingerprint density at radius 2 is 1.12 bits per heavy atom. The average molecular weight is 1310 g/mol. The van der Waals surface area contributed by atoms with E-state index in [1.54, 1.807) is 60.1 Å². The number of aromatic amines is 4. The maximum absolute atomic E-state index is 5.12. The molecule has 0 bridgehead atoms. The van der Waals surface area contributed by atoms with Gasteiger partial charge in [0, 0.05) is 49.4 Å². The van der Waals surface area contributed by atoms with E-state index in [0.717, 1.165) is 49.6 Å². The smallest absolute Gasteiger partial charge is 0.181 e. The van der Waals surface area contributed by atoms with Crippen molar-refractivity contribution in [3.8, 4) is 0 Å². The number of nitrogens with zero attached hydrogens (tertiary/aromatic N) is 13. The third-order valence-corrected chi connectivity index (χ3v) is 14.7. The molecule has 0 fully saturated rings. The van der Waals surface area contributed by atoms with Gasteiger partial charge >= 0.3 is 0 Å². The van der Waals surface area contributed by atoms with E-state index < -0.39 is 0 Å². The topological polar surface area (TPSA) is 283 Å². The van der Waals surface area contributed by atoms with Crippen LogP contribution < -0.4 is 0 Å². The zero-order valence-electron chi connectivity index (χ0n) is 48.5. The predicted molar refractivity (Wildman–Crippen MR) is 373 cm³/mol. The Kier molecular flexibility index (Phi) is 28.6. The molecule has 0 atom stereocenters. The van der Waals surface area contributed by atoms with E-state index >= 15 is 0 Å². The van der Waals surface area contributed by atoms with Crippen molar-refractivity contribution >= 4 is 131 Å². The minimum atomic E-state index is 0. The molecule has 8 aromatic carbocycles.